The molecule has 3 nitrogen and oxygen atoms in total. The zero-order chi connectivity index (χ0) is 21.3. The van der Waals surface area contributed by atoms with Crippen LogP contribution in [0.25, 0.3) is 0 Å². The van der Waals surface area contributed by atoms with Crippen LogP contribution in [0.2, 0.25) is 0 Å². The first-order valence-corrected chi connectivity index (χ1v) is 12.6. The van der Waals surface area contributed by atoms with Crippen LogP contribution in [0, 0.1) is 17.3 Å². The molecule has 3 fully saturated rings. The van der Waals surface area contributed by atoms with Crippen molar-refractivity contribution >= 4 is 0 Å². The van der Waals surface area contributed by atoms with E-state index in [-0.39, 0.29) is 11.2 Å². The summed E-state index contributed by atoms with van der Waals surface area (Å²) in [4.78, 5) is 6.76. The second kappa shape index (κ2) is 7.02. The summed E-state index contributed by atoms with van der Waals surface area (Å²) in [6.07, 6.45) is 21.7. The van der Waals surface area contributed by atoms with Crippen molar-refractivity contribution in [2.75, 3.05) is 14.1 Å². The lowest BCUT2D eigenvalue weighted by Crippen LogP contribution is -2.55. The highest BCUT2D eigenvalue weighted by Gasteiger charge is 2.66. The monoisotopic (exact) mass is 418 g/mol. The lowest BCUT2D eigenvalue weighted by Gasteiger charge is -2.54. The summed E-state index contributed by atoms with van der Waals surface area (Å²) in [6.45, 7) is 2.59. The van der Waals surface area contributed by atoms with Gasteiger partial charge in [-0.05, 0) is 118 Å². The van der Waals surface area contributed by atoms with Gasteiger partial charge >= 0.3 is 0 Å². The zero-order valence-electron chi connectivity index (χ0n) is 19.6. The molecule has 3 heterocycles. The molecule has 2 saturated carbocycles. The second-order valence-corrected chi connectivity index (χ2v) is 11.6. The van der Waals surface area contributed by atoms with Gasteiger partial charge in [0.1, 0.15) is 0 Å². The highest BCUT2D eigenvalue weighted by Crippen LogP contribution is 2.68. The van der Waals surface area contributed by atoms with E-state index in [0.717, 1.165) is 12.3 Å². The minimum Gasteiger partial charge on any atom is -0.359 e. The summed E-state index contributed by atoms with van der Waals surface area (Å²) in [5.41, 5.74) is 4.94. The lowest BCUT2D eigenvalue weighted by atomic mass is 9.58. The maximum atomic E-state index is 7.38. The number of nitrogens with zero attached hydrogens (tertiary/aromatic N) is 2. The molecule has 6 atom stereocenters. The number of allylic oxidation sites excluding steroid dienone is 1. The fourth-order valence-corrected chi connectivity index (χ4v) is 8.29. The first-order valence-electron chi connectivity index (χ1n) is 12.6. The quantitative estimate of drug-likeness (QED) is 0.625. The molecule has 1 unspecified atom stereocenters. The van der Waals surface area contributed by atoms with E-state index in [4.69, 9.17) is 4.74 Å². The smallest absolute Gasteiger partial charge is 0.0974 e. The van der Waals surface area contributed by atoms with Gasteiger partial charge in [-0.3, -0.25) is 4.98 Å². The third-order valence-corrected chi connectivity index (χ3v) is 10.1. The van der Waals surface area contributed by atoms with E-state index in [0.29, 0.717) is 17.4 Å². The van der Waals surface area contributed by atoms with Gasteiger partial charge in [-0.1, -0.05) is 25.1 Å². The van der Waals surface area contributed by atoms with E-state index in [1.807, 2.05) is 12.4 Å². The van der Waals surface area contributed by atoms with E-state index in [9.17, 15) is 0 Å². The molecule has 0 aromatic carbocycles. The maximum absolute atomic E-state index is 7.38. The molecular formula is C28H38N2O. The average molecular weight is 419 g/mol. The van der Waals surface area contributed by atoms with E-state index >= 15 is 0 Å². The molecule has 3 aliphatic carbocycles. The summed E-state index contributed by atoms with van der Waals surface area (Å²) in [7, 11) is 4.49. The van der Waals surface area contributed by atoms with Gasteiger partial charge in [0, 0.05) is 18.4 Å². The lowest BCUT2D eigenvalue weighted by molar-refractivity contribution is -0.142. The van der Waals surface area contributed by atoms with Crippen molar-refractivity contribution in [1.82, 2.24) is 9.88 Å². The number of hydrogen-bond donors (Lipinski definition) is 0. The Labute approximate surface area is 188 Å². The van der Waals surface area contributed by atoms with Crippen LogP contribution in [0.3, 0.4) is 0 Å². The van der Waals surface area contributed by atoms with Gasteiger partial charge in [-0.2, -0.15) is 0 Å². The van der Waals surface area contributed by atoms with Crippen LogP contribution in [-0.4, -0.2) is 41.2 Å². The molecule has 2 aliphatic heterocycles. The molecule has 3 heteroatoms. The molecule has 166 valence electrons. The molecular weight excluding hydrogens is 380 g/mol. The van der Waals surface area contributed by atoms with Crippen molar-refractivity contribution in [1.29, 1.82) is 0 Å². The van der Waals surface area contributed by atoms with Crippen molar-refractivity contribution in [2.45, 2.75) is 88.4 Å². The average Bonchev–Trinajstić information content (AvgIpc) is 3.27. The fraction of sp³-hybridized carbons (Fsp3) is 0.679. The Bertz CT molecular complexity index is 920. The van der Waals surface area contributed by atoms with Crippen LogP contribution in [0.5, 0.6) is 0 Å². The molecule has 1 saturated heterocycles. The fourth-order valence-electron chi connectivity index (χ4n) is 8.29. The molecule has 1 aromatic heterocycles. The summed E-state index contributed by atoms with van der Waals surface area (Å²) in [5.74, 6) is 1.46. The van der Waals surface area contributed by atoms with Crippen LogP contribution < -0.4 is 0 Å². The molecule has 6 rings (SSSR count). The minimum absolute atomic E-state index is 0.00620. The van der Waals surface area contributed by atoms with Gasteiger partial charge < -0.3 is 9.64 Å². The standard InChI is InChI=1S/C28H38N2O/c1-26-13-12-23-17-22-8-10-24(30(2)3)18-27(22)14-15-28(23,31-27)25(26)11-9-21(26)7-6-20-5-4-16-29-19-20/h4-5,12,16-17,19,21,24-25H,6-11,13-15,18H2,1-3H3/t21-,24-,25+,26+,27+,28?/m0/s1. The van der Waals surface area contributed by atoms with Gasteiger partial charge in [-0.15, -0.1) is 0 Å². The largest absolute Gasteiger partial charge is 0.359 e. The van der Waals surface area contributed by atoms with E-state index in [1.54, 1.807) is 11.1 Å². The number of rotatable bonds is 4. The number of aromatic nitrogens is 1. The van der Waals surface area contributed by atoms with Gasteiger partial charge in [-0.25, -0.2) is 0 Å². The third-order valence-electron chi connectivity index (χ3n) is 10.1. The molecule has 0 radical (unpaired) electrons. The van der Waals surface area contributed by atoms with E-state index < -0.39 is 0 Å². The summed E-state index contributed by atoms with van der Waals surface area (Å²) in [5, 5.41) is 0. The highest BCUT2D eigenvalue weighted by atomic mass is 16.5. The Morgan fingerprint density at radius 3 is 2.90 bits per heavy atom. The molecule has 5 aliphatic rings. The maximum Gasteiger partial charge on any atom is 0.0974 e. The van der Waals surface area contributed by atoms with Crippen LogP contribution in [0.4, 0.5) is 0 Å². The van der Waals surface area contributed by atoms with Crippen LogP contribution in [0.1, 0.15) is 70.3 Å². The predicted molar refractivity (Wildman–Crippen MR) is 125 cm³/mol. The molecule has 31 heavy (non-hydrogen) atoms. The molecule has 0 N–H and O–H groups in total. The van der Waals surface area contributed by atoms with Gasteiger partial charge in [0.2, 0.25) is 0 Å². The van der Waals surface area contributed by atoms with E-state index in [2.05, 4.69) is 55.2 Å². The zero-order valence-corrected chi connectivity index (χ0v) is 19.6. The molecule has 1 aromatic rings. The number of fused-ring (bicyclic) bond motifs is 1. The van der Waals surface area contributed by atoms with Gasteiger partial charge in [0.15, 0.2) is 0 Å². The number of pyridine rings is 1. The Morgan fingerprint density at radius 2 is 2.10 bits per heavy atom. The number of ether oxygens (including phenoxy) is 1. The Kier molecular flexibility index (Phi) is 4.57. The Morgan fingerprint density at radius 1 is 1.19 bits per heavy atom. The Balaban J connectivity index is 1.29. The number of hydrogen-bond acceptors (Lipinski definition) is 3. The van der Waals surface area contributed by atoms with Gasteiger partial charge in [0.25, 0.3) is 0 Å². The van der Waals surface area contributed by atoms with Crippen molar-refractivity contribution in [3.05, 3.63) is 53.4 Å². The molecule has 2 bridgehead atoms. The first-order chi connectivity index (χ1) is 15.0. The number of aryl methyl sites for hydroxylation is 1. The summed E-state index contributed by atoms with van der Waals surface area (Å²) < 4.78 is 7.38. The van der Waals surface area contributed by atoms with Crippen molar-refractivity contribution in [3.8, 4) is 0 Å². The second-order valence-electron chi connectivity index (χ2n) is 11.6. The van der Waals surface area contributed by atoms with Crippen LogP contribution in [0.15, 0.2) is 47.8 Å². The predicted octanol–water partition coefficient (Wildman–Crippen LogP) is 5.72. The minimum atomic E-state index is -0.00620. The van der Waals surface area contributed by atoms with Crippen molar-refractivity contribution in [3.63, 3.8) is 0 Å². The van der Waals surface area contributed by atoms with Crippen LogP contribution in [-0.2, 0) is 11.2 Å². The van der Waals surface area contributed by atoms with Crippen molar-refractivity contribution in [2.24, 2.45) is 17.3 Å². The first kappa shape index (κ1) is 20.2. The normalized spacial score (nSPS) is 43.2. The van der Waals surface area contributed by atoms with Crippen molar-refractivity contribution < 1.29 is 4.74 Å². The summed E-state index contributed by atoms with van der Waals surface area (Å²) >= 11 is 0. The highest BCUT2D eigenvalue weighted by molar-refractivity contribution is 5.47. The van der Waals surface area contributed by atoms with Crippen LogP contribution >= 0.6 is 0 Å². The topological polar surface area (TPSA) is 25.4 Å². The molecule has 2 spiro atoms. The Hall–Kier alpha value is -1.45. The molecule has 0 amide bonds. The van der Waals surface area contributed by atoms with E-state index in [1.165, 1.54) is 63.4 Å². The summed E-state index contributed by atoms with van der Waals surface area (Å²) in [6, 6.07) is 4.97. The van der Waals surface area contributed by atoms with Gasteiger partial charge in [0.05, 0.1) is 11.2 Å². The SMILES string of the molecule is CN(C)[C@H]1CCC2=CC3=CC[C@]4(C)[C@@H](CCc5cccnc5)CC[C@H]4C34CC[C@]2(C1)O4. The third kappa shape index (κ3) is 2.88.